The summed E-state index contributed by atoms with van der Waals surface area (Å²) in [5.74, 6) is -0.0581. The normalized spacial score (nSPS) is 12.8. The van der Waals surface area contributed by atoms with Gasteiger partial charge in [-0.15, -0.1) is 0 Å². The van der Waals surface area contributed by atoms with Crippen molar-refractivity contribution in [2.75, 3.05) is 6.61 Å². The Bertz CT molecular complexity index is 814. The van der Waals surface area contributed by atoms with E-state index in [1.807, 2.05) is 6.08 Å². The molecule has 352 valence electrons. The van der Waals surface area contributed by atoms with Crippen LogP contribution >= 0.6 is 0 Å². The van der Waals surface area contributed by atoms with Crippen LogP contribution in [0.2, 0.25) is 0 Å². The van der Waals surface area contributed by atoms with Crippen molar-refractivity contribution in [3.8, 4) is 0 Å². The van der Waals surface area contributed by atoms with E-state index in [9.17, 15) is 15.0 Å². The van der Waals surface area contributed by atoms with Gasteiger partial charge in [-0.3, -0.25) is 4.79 Å². The minimum Gasteiger partial charge on any atom is -0.394 e. The van der Waals surface area contributed by atoms with Crippen LogP contribution in [0.5, 0.6) is 0 Å². The van der Waals surface area contributed by atoms with Gasteiger partial charge in [0.2, 0.25) is 5.91 Å². The third kappa shape index (κ3) is 48.0. The lowest BCUT2D eigenvalue weighted by molar-refractivity contribution is -0.123. The van der Waals surface area contributed by atoms with E-state index in [0.29, 0.717) is 6.42 Å². The third-order valence-corrected chi connectivity index (χ3v) is 13.0. The van der Waals surface area contributed by atoms with Gasteiger partial charge in [-0.05, 0) is 19.3 Å². The number of hydrogen-bond acceptors (Lipinski definition) is 3. The smallest absolute Gasteiger partial charge is 0.220 e. The van der Waals surface area contributed by atoms with Crippen molar-refractivity contribution in [3.05, 3.63) is 12.2 Å². The number of aliphatic hydroxyl groups excluding tert-OH is 2. The molecule has 59 heavy (non-hydrogen) atoms. The monoisotopic (exact) mass is 832 g/mol. The Balaban J connectivity index is 3.35. The molecule has 0 saturated carbocycles. The van der Waals surface area contributed by atoms with Gasteiger partial charge in [-0.25, -0.2) is 0 Å². The number of hydrogen-bond donors (Lipinski definition) is 3. The zero-order chi connectivity index (χ0) is 42.8. The number of rotatable bonds is 51. The van der Waals surface area contributed by atoms with Gasteiger partial charge in [-0.1, -0.05) is 302 Å². The Morgan fingerprint density at radius 2 is 0.627 bits per heavy atom. The maximum absolute atomic E-state index is 12.4. The summed E-state index contributed by atoms with van der Waals surface area (Å²) in [4.78, 5) is 12.4. The summed E-state index contributed by atoms with van der Waals surface area (Å²) in [6.45, 7) is 4.33. The summed E-state index contributed by atoms with van der Waals surface area (Å²) in [7, 11) is 0. The molecule has 0 heterocycles. The molecule has 0 radical (unpaired) electrons. The minimum atomic E-state index is -0.833. The van der Waals surface area contributed by atoms with Crippen LogP contribution in [0, 0.1) is 0 Å². The molecule has 0 aliphatic heterocycles. The van der Waals surface area contributed by atoms with Crippen LogP contribution in [-0.4, -0.2) is 34.9 Å². The minimum absolute atomic E-state index is 0.0581. The van der Waals surface area contributed by atoms with Crippen molar-refractivity contribution in [2.24, 2.45) is 0 Å². The van der Waals surface area contributed by atoms with Gasteiger partial charge in [0.15, 0.2) is 0 Å². The van der Waals surface area contributed by atoms with E-state index < -0.39 is 12.1 Å². The highest BCUT2D eigenvalue weighted by atomic mass is 16.3. The number of nitrogens with one attached hydrogen (secondary N) is 1. The standard InChI is InChI=1S/C55H109NO3/c1-3-5-7-9-11-13-15-17-18-19-20-21-22-23-24-25-26-27-28-29-30-31-32-33-34-35-36-37-38-39-41-43-45-47-49-51-55(59)56-53(52-57)54(58)50-48-46-44-42-40-16-14-12-10-8-6-4-2/h48,50,53-54,57-58H,3-47,49,51-52H2,1-2H3,(H,56,59)/b50-48+/t53-,54+/m0/s1. The van der Waals surface area contributed by atoms with Gasteiger partial charge in [0.05, 0.1) is 18.8 Å². The molecule has 0 aliphatic carbocycles. The zero-order valence-corrected chi connectivity index (χ0v) is 40.6. The molecule has 3 N–H and O–H groups in total. The van der Waals surface area contributed by atoms with E-state index in [1.54, 1.807) is 6.08 Å². The van der Waals surface area contributed by atoms with Gasteiger partial charge in [0, 0.05) is 6.42 Å². The van der Waals surface area contributed by atoms with Gasteiger partial charge >= 0.3 is 0 Å². The first kappa shape index (κ1) is 58.1. The van der Waals surface area contributed by atoms with Gasteiger partial charge in [0.1, 0.15) is 0 Å². The first-order chi connectivity index (χ1) is 29.2. The van der Waals surface area contributed by atoms with E-state index in [-0.39, 0.29) is 12.5 Å². The highest BCUT2D eigenvalue weighted by Gasteiger charge is 2.18. The van der Waals surface area contributed by atoms with E-state index >= 15 is 0 Å². The van der Waals surface area contributed by atoms with Crippen molar-refractivity contribution in [2.45, 2.75) is 328 Å². The van der Waals surface area contributed by atoms with Gasteiger partial charge in [0.25, 0.3) is 0 Å². The molecule has 0 bridgehead atoms. The van der Waals surface area contributed by atoms with Crippen LogP contribution in [0.1, 0.15) is 316 Å². The number of allylic oxidation sites excluding steroid dienone is 1. The summed E-state index contributed by atoms with van der Waals surface area (Å²) < 4.78 is 0. The fraction of sp³-hybridized carbons (Fsp3) is 0.945. The van der Waals surface area contributed by atoms with Crippen LogP contribution in [-0.2, 0) is 4.79 Å². The predicted molar refractivity (Wildman–Crippen MR) is 263 cm³/mol. The van der Waals surface area contributed by atoms with E-state index in [4.69, 9.17) is 0 Å². The zero-order valence-electron chi connectivity index (χ0n) is 40.6. The molecule has 4 heteroatoms. The number of aliphatic hydroxyl groups is 2. The molecule has 4 nitrogen and oxygen atoms in total. The molecule has 0 unspecified atom stereocenters. The molecule has 0 aliphatic rings. The van der Waals surface area contributed by atoms with Crippen LogP contribution in [0.25, 0.3) is 0 Å². The van der Waals surface area contributed by atoms with Crippen molar-refractivity contribution in [3.63, 3.8) is 0 Å². The van der Waals surface area contributed by atoms with Crippen LogP contribution < -0.4 is 5.32 Å². The molecule has 0 spiro atoms. The van der Waals surface area contributed by atoms with Crippen LogP contribution in [0.3, 0.4) is 0 Å². The molecular weight excluding hydrogens is 723 g/mol. The lowest BCUT2D eigenvalue weighted by Crippen LogP contribution is -2.45. The maximum Gasteiger partial charge on any atom is 0.220 e. The Kier molecular flexibility index (Phi) is 50.7. The fourth-order valence-electron chi connectivity index (χ4n) is 8.83. The van der Waals surface area contributed by atoms with Crippen molar-refractivity contribution in [1.82, 2.24) is 5.32 Å². The van der Waals surface area contributed by atoms with Gasteiger partial charge < -0.3 is 15.5 Å². The number of carbonyl (C=O) groups excluding carboxylic acids is 1. The Morgan fingerprint density at radius 3 is 0.881 bits per heavy atom. The van der Waals surface area contributed by atoms with Gasteiger partial charge in [-0.2, -0.15) is 0 Å². The highest BCUT2D eigenvalue weighted by Crippen LogP contribution is 2.18. The summed E-state index contributed by atoms with van der Waals surface area (Å²) in [5, 5.41) is 23.0. The second kappa shape index (κ2) is 51.5. The first-order valence-corrected chi connectivity index (χ1v) is 27.4. The van der Waals surface area contributed by atoms with Crippen LogP contribution in [0.4, 0.5) is 0 Å². The second-order valence-electron chi connectivity index (χ2n) is 19.0. The Hall–Kier alpha value is -0.870. The lowest BCUT2D eigenvalue weighted by atomic mass is 10.0. The molecule has 0 aromatic carbocycles. The largest absolute Gasteiger partial charge is 0.394 e. The Morgan fingerprint density at radius 1 is 0.390 bits per heavy atom. The van der Waals surface area contributed by atoms with Crippen molar-refractivity contribution < 1.29 is 15.0 Å². The maximum atomic E-state index is 12.4. The van der Waals surface area contributed by atoms with E-state index in [0.717, 1.165) is 25.7 Å². The topological polar surface area (TPSA) is 69.6 Å². The Labute approximate surface area is 371 Å². The summed E-state index contributed by atoms with van der Waals surface area (Å²) in [6.07, 6.45) is 66.7. The van der Waals surface area contributed by atoms with Crippen LogP contribution in [0.15, 0.2) is 12.2 Å². The fourth-order valence-corrected chi connectivity index (χ4v) is 8.83. The third-order valence-electron chi connectivity index (χ3n) is 13.0. The number of unbranched alkanes of at least 4 members (excludes halogenated alkanes) is 44. The van der Waals surface area contributed by atoms with Crippen molar-refractivity contribution >= 4 is 5.91 Å². The lowest BCUT2D eigenvalue weighted by Gasteiger charge is -2.20. The summed E-state index contributed by atoms with van der Waals surface area (Å²) >= 11 is 0. The molecule has 0 rings (SSSR count). The predicted octanol–water partition coefficient (Wildman–Crippen LogP) is 17.8. The molecule has 2 atom stereocenters. The molecular formula is C55H109NO3. The molecule has 0 aromatic heterocycles. The molecule has 0 aromatic rings. The molecule has 0 fully saturated rings. The van der Waals surface area contributed by atoms with E-state index in [2.05, 4.69) is 19.2 Å². The first-order valence-electron chi connectivity index (χ1n) is 27.4. The average molecular weight is 832 g/mol. The number of amides is 1. The SMILES string of the molecule is CCCCCCCCCCCC/C=C/[C@@H](O)[C@H](CO)NC(=O)CCCCCCCCCCCCCCCCCCCCCCCCCCCCCCCCCCCCC. The summed E-state index contributed by atoms with van der Waals surface area (Å²) in [6, 6.07) is -0.616. The number of carbonyl (C=O) groups is 1. The second-order valence-corrected chi connectivity index (χ2v) is 19.0. The highest BCUT2D eigenvalue weighted by molar-refractivity contribution is 5.76. The molecule has 1 amide bonds. The average Bonchev–Trinajstić information content (AvgIpc) is 3.24. The quantitative estimate of drug-likeness (QED) is 0.0422. The van der Waals surface area contributed by atoms with E-state index in [1.165, 1.54) is 270 Å². The summed E-state index contributed by atoms with van der Waals surface area (Å²) in [5.41, 5.74) is 0. The molecule has 0 saturated heterocycles. The van der Waals surface area contributed by atoms with Crippen molar-refractivity contribution in [1.29, 1.82) is 0 Å².